The predicted octanol–water partition coefficient (Wildman–Crippen LogP) is 4.35. The van der Waals surface area contributed by atoms with E-state index in [1.165, 1.54) is 4.88 Å². The van der Waals surface area contributed by atoms with Crippen LogP contribution in [0.2, 0.25) is 0 Å². The molecule has 3 rings (SSSR count). The van der Waals surface area contributed by atoms with E-state index in [2.05, 4.69) is 26.1 Å². The number of nitrogen functional groups attached to an aromatic ring is 1. The van der Waals surface area contributed by atoms with Gasteiger partial charge in [0.25, 0.3) is 5.89 Å². The summed E-state index contributed by atoms with van der Waals surface area (Å²) in [5, 5.41) is 4.78. The Morgan fingerprint density at radius 1 is 1.33 bits per heavy atom. The number of nitrogens with zero attached hydrogens (tertiary/aromatic N) is 2. The zero-order valence-corrected chi connectivity index (χ0v) is 14.1. The maximum atomic E-state index is 6.04. The molecule has 0 amide bonds. The minimum atomic E-state index is 0.499. The van der Waals surface area contributed by atoms with Crippen molar-refractivity contribution in [2.75, 3.05) is 5.73 Å². The fourth-order valence-corrected chi connectivity index (χ4v) is 3.55. The van der Waals surface area contributed by atoms with Crippen molar-refractivity contribution >= 4 is 32.3 Å². The first-order valence-corrected chi connectivity index (χ1v) is 8.08. The third-order valence-corrected chi connectivity index (χ3v) is 4.88. The van der Waals surface area contributed by atoms with Gasteiger partial charge in [-0.25, -0.2) is 0 Å². The van der Waals surface area contributed by atoms with Gasteiger partial charge >= 0.3 is 0 Å². The Kier molecular flexibility index (Phi) is 3.82. The quantitative estimate of drug-likeness (QED) is 0.750. The second-order valence-electron chi connectivity index (χ2n) is 4.84. The first kappa shape index (κ1) is 14.3. The molecule has 3 aromatic rings. The molecule has 6 heteroatoms. The van der Waals surface area contributed by atoms with Gasteiger partial charge in [-0.2, -0.15) is 4.98 Å². The number of rotatable bonds is 3. The Hall–Kier alpha value is -1.66. The zero-order chi connectivity index (χ0) is 15.0. The molecule has 0 aliphatic carbocycles. The zero-order valence-electron chi connectivity index (χ0n) is 11.7. The molecule has 1 aromatic carbocycles. The van der Waals surface area contributed by atoms with E-state index < -0.39 is 0 Å². The molecule has 2 N–H and O–H groups in total. The van der Waals surface area contributed by atoms with Crippen molar-refractivity contribution < 1.29 is 4.52 Å². The minimum Gasteiger partial charge on any atom is -0.390 e. The van der Waals surface area contributed by atoms with Crippen LogP contribution in [-0.2, 0) is 6.42 Å². The number of aryl methyl sites for hydroxylation is 1. The molecular weight excluding hydrogens is 350 g/mol. The van der Waals surface area contributed by atoms with E-state index in [0.717, 1.165) is 26.2 Å². The molecule has 0 atom stereocenters. The van der Waals surface area contributed by atoms with E-state index in [0.29, 0.717) is 18.1 Å². The lowest BCUT2D eigenvalue weighted by molar-refractivity contribution is 0.424. The van der Waals surface area contributed by atoms with Gasteiger partial charge in [0.1, 0.15) is 0 Å². The van der Waals surface area contributed by atoms with Gasteiger partial charge < -0.3 is 10.3 Å². The van der Waals surface area contributed by atoms with Crippen molar-refractivity contribution in [3.8, 4) is 11.5 Å². The third kappa shape index (κ3) is 2.87. The Morgan fingerprint density at radius 2 is 2.14 bits per heavy atom. The standard InChI is InChI=1S/C15H14BrN3OS/c1-8-9(2)21-14(17)13(8)15-18-12(19-20-15)7-10-4-3-5-11(16)6-10/h3-6H,7,17H2,1-2H3. The smallest absolute Gasteiger partial charge is 0.261 e. The van der Waals surface area contributed by atoms with Crippen molar-refractivity contribution in [2.45, 2.75) is 20.3 Å². The summed E-state index contributed by atoms with van der Waals surface area (Å²) in [5.74, 6) is 1.16. The van der Waals surface area contributed by atoms with Crippen molar-refractivity contribution in [1.82, 2.24) is 10.1 Å². The Labute approximate surface area is 135 Å². The van der Waals surface area contributed by atoms with E-state index in [1.807, 2.05) is 38.1 Å². The second-order valence-corrected chi connectivity index (χ2v) is 7.02. The second kappa shape index (κ2) is 5.61. The highest BCUT2D eigenvalue weighted by Gasteiger charge is 2.18. The largest absolute Gasteiger partial charge is 0.390 e. The molecule has 108 valence electrons. The van der Waals surface area contributed by atoms with Crippen molar-refractivity contribution in [3.63, 3.8) is 0 Å². The van der Waals surface area contributed by atoms with E-state index >= 15 is 0 Å². The van der Waals surface area contributed by atoms with Crippen LogP contribution in [0, 0.1) is 13.8 Å². The fraction of sp³-hybridized carbons (Fsp3) is 0.200. The van der Waals surface area contributed by atoms with Gasteiger partial charge in [0.05, 0.1) is 10.6 Å². The van der Waals surface area contributed by atoms with Crippen LogP contribution >= 0.6 is 27.3 Å². The highest BCUT2D eigenvalue weighted by molar-refractivity contribution is 9.10. The molecule has 0 fully saturated rings. The lowest BCUT2D eigenvalue weighted by Crippen LogP contribution is -1.91. The van der Waals surface area contributed by atoms with Gasteiger partial charge in [-0.1, -0.05) is 33.2 Å². The summed E-state index contributed by atoms with van der Waals surface area (Å²) in [7, 11) is 0. The van der Waals surface area contributed by atoms with Gasteiger partial charge in [0.15, 0.2) is 5.82 Å². The number of hydrogen-bond donors (Lipinski definition) is 1. The topological polar surface area (TPSA) is 64.9 Å². The number of anilines is 1. The fourth-order valence-electron chi connectivity index (χ4n) is 2.18. The van der Waals surface area contributed by atoms with Crippen LogP contribution in [0.5, 0.6) is 0 Å². The Balaban J connectivity index is 1.90. The van der Waals surface area contributed by atoms with Crippen LogP contribution in [-0.4, -0.2) is 10.1 Å². The van der Waals surface area contributed by atoms with Gasteiger partial charge in [-0.05, 0) is 37.1 Å². The maximum absolute atomic E-state index is 6.04. The van der Waals surface area contributed by atoms with Crippen LogP contribution in [0.25, 0.3) is 11.5 Å². The highest BCUT2D eigenvalue weighted by Crippen LogP contribution is 2.37. The molecule has 0 spiro atoms. The maximum Gasteiger partial charge on any atom is 0.261 e. The molecular formula is C15H14BrN3OS. The summed E-state index contributed by atoms with van der Waals surface area (Å²) in [6.45, 7) is 4.06. The summed E-state index contributed by atoms with van der Waals surface area (Å²) >= 11 is 5.01. The molecule has 21 heavy (non-hydrogen) atoms. The van der Waals surface area contributed by atoms with Crippen LogP contribution in [0.15, 0.2) is 33.3 Å². The van der Waals surface area contributed by atoms with Crippen LogP contribution in [0.1, 0.15) is 21.8 Å². The summed E-state index contributed by atoms with van der Waals surface area (Å²) in [5.41, 5.74) is 9.14. The molecule has 0 aliphatic rings. The van der Waals surface area contributed by atoms with Crippen molar-refractivity contribution in [3.05, 3.63) is 50.6 Å². The summed E-state index contributed by atoms with van der Waals surface area (Å²) in [6, 6.07) is 8.06. The predicted molar refractivity (Wildman–Crippen MR) is 88.4 cm³/mol. The Bertz CT molecular complexity index is 794. The monoisotopic (exact) mass is 363 g/mol. The van der Waals surface area contributed by atoms with Crippen LogP contribution in [0.3, 0.4) is 0 Å². The summed E-state index contributed by atoms with van der Waals surface area (Å²) in [6.07, 6.45) is 0.630. The van der Waals surface area contributed by atoms with Crippen LogP contribution < -0.4 is 5.73 Å². The molecule has 0 radical (unpaired) electrons. The lowest BCUT2D eigenvalue weighted by Gasteiger charge is -1.97. The number of thiophene rings is 1. The number of hydrogen-bond acceptors (Lipinski definition) is 5. The third-order valence-electron chi connectivity index (χ3n) is 3.35. The van der Waals surface area contributed by atoms with Gasteiger partial charge in [0, 0.05) is 15.8 Å². The average Bonchev–Trinajstić information content (AvgIpc) is 2.95. The lowest BCUT2D eigenvalue weighted by atomic mass is 10.1. The first-order chi connectivity index (χ1) is 10.0. The number of aromatic nitrogens is 2. The van der Waals surface area contributed by atoms with Crippen molar-refractivity contribution in [2.24, 2.45) is 0 Å². The van der Waals surface area contributed by atoms with E-state index in [1.54, 1.807) is 11.3 Å². The molecule has 2 aromatic heterocycles. The molecule has 4 nitrogen and oxygen atoms in total. The highest BCUT2D eigenvalue weighted by atomic mass is 79.9. The molecule has 2 heterocycles. The van der Waals surface area contributed by atoms with E-state index in [-0.39, 0.29) is 0 Å². The molecule has 0 bridgehead atoms. The summed E-state index contributed by atoms with van der Waals surface area (Å²) < 4.78 is 6.42. The van der Waals surface area contributed by atoms with Gasteiger partial charge in [0.2, 0.25) is 0 Å². The SMILES string of the molecule is Cc1sc(N)c(-c2nc(Cc3cccc(Br)c3)no2)c1C. The average molecular weight is 364 g/mol. The van der Waals surface area contributed by atoms with Crippen molar-refractivity contribution in [1.29, 1.82) is 0 Å². The molecule has 0 saturated carbocycles. The Morgan fingerprint density at radius 3 is 2.81 bits per heavy atom. The first-order valence-electron chi connectivity index (χ1n) is 6.47. The number of halogens is 1. The van der Waals surface area contributed by atoms with Crippen LogP contribution in [0.4, 0.5) is 5.00 Å². The molecule has 0 saturated heterocycles. The minimum absolute atomic E-state index is 0.499. The van der Waals surface area contributed by atoms with E-state index in [4.69, 9.17) is 10.3 Å². The molecule has 0 aliphatic heterocycles. The number of benzene rings is 1. The van der Waals surface area contributed by atoms with Gasteiger partial charge in [-0.3, -0.25) is 0 Å². The summed E-state index contributed by atoms with van der Waals surface area (Å²) in [4.78, 5) is 5.65. The normalized spacial score (nSPS) is 11.0. The van der Waals surface area contributed by atoms with E-state index in [9.17, 15) is 0 Å². The van der Waals surface area contributed by atoms with Gasteiger partial charge in [-0.15, -0.1) is 11.3 Å². The molecule has 0 unspecified atom stereocenters. The number of nitrogens with two attached hydrogens (primary N) is 1.